The van der Waals surface area contributed by atoms with Gasteiger partial charge < -0.3 is 14.6 Å². The summed E-state index contributed by atoms with van der Waals surface area (Å²) in [5.74, 6) is -0.507. The quantitative estimate of drug-likeness (QED) is 0.367. The van der Waals surface area contributed by atoms with Crippen molar-refractivity contribution >= 4 is 40.6 Å². The number of rotatable bonds is 6. The van der Waals surface area contributed by atoms with Crippen LogP contribution in [0, 0.1) is 13.8 Å². The van der Waals surface area contributed by atoms with Gasteiger partial charge in [0, 0.05) is 17.1 Å². The Balaban J connectivity index is 1.60. The van der Waals surface area contributed by atoms with Gasteiger partial charge in [-0.15, -0.1) is 0 Å². The number of nitrogens with zero attached hydrogens (tertiary/aromatic N) is 2. The third-order valence-corrected chi connectivity index (χ3v) is 6.51. The predicted molar refractivity (Wildman–Crippen MR) is 138 cm³/mol. The Labute approximate surface area is 203 Å². The van der Waals surface area contributed by atoms with Gasteiger partial charge >= 0.3 is 5.97 Å². The fourth-order valence-corrected chi connectivity index (χ4v) is 4.70. The lowest BCUT2D eigenvalue weighted by Gasteiger charge is -2.11. The zero-order chi connectivity index (χ0) is 24.2. The molecule has 6 nitrogen and oxygen atoms in total. The monoisotopic (exact) mass is 473 g/mol. The molecule has 1 amide bonds. The molecule has 0 atom stereocenters. The number of thioether (sulfide) groups is 1. The molecular formula is C27H27N3O3S. The van der Waals surface area contributed by atoms with Crippen LogP contribution in [-0.2, 0) is 16.0 Å². The lowest BCUT2D eigenvalue weighted by molar-refractivity contribution is -0.115. The molecule has 1 aromatic heterocycles. The minimum Gasteiger partial charge on any atom is -0.462 e. The number of amides is 1. The van der Waals surface area contributed by atoms with Crippen LogP contribution < -0.4 is 5.32 Å². The molecule has 0 radical (unpaired) electrons. The highest BCUT2D eigenvalue weighted by Gasteiger charge is 2.24. The van der Waals surface area contributed by atoms with Crippen molar-refractivity contribution in [2.45, 2.75) is 34.1 Å². The first-order chi connectivity index (χ1) is 16.4. The summed E-state index contributed by atoms with van der Waals surface area (Å²) in [7, 11) is 0. The highest BCUT2D eigenvalue weighted by Crippen LogP contribution is 2.30. The Morgan fingerprint density at radius 2 is 1.88 bits per heavy atom. The molecule has 1 fully saturated rings. The summed E-state index contributed by atoms with van der Waals surface area (Å²) in [6, 6.07) is 17.4. The molecule has 1 aliphatic heterocycles. The van der Waals surface area contributed by atoms with E-state index in [0.29, 0.717) is 22.2 Å². The highest BCUT2D eigenvalue weighted by atomic mass is 32.2. The normalized spacial score (nSPS) is 15.7. The Kier molecular flexibility index (Phi) is 7.03. The van der Waals surface area contributed by atoms with E-state index in [2.05, 4.69) is 21.8 Å². The number of carbonyl (C=O) groups is 2. The van der Waals surface area contributed by atoms with Gasteiger partial charge in [-0.1, -0.05) is 25.1 Å². The number of nitrogens with one attached hydrogen (secondary N) is 1. The zero-order valence-corrected chi connectivity index (χ0v) is 20.5. The topological polar surface area (TPSA) is 72.7 Å². The van der Waals surface area contributed by atoms with E-state index >= 15 is 0 Å². The minimum atomic E-state index is -0.343. The van der Waals surface area contributed by atoms with Crippen LogP contribution in [0.2, 0.25) is 0 Å². The van der Waals surface area contributed by atoms with E-state index < -0.39 is 0 Å². The lowest BCUT2D eigenvalue weighted by atomic mass is 10.2. The van der Waals surface area contributed by atoms with Gasteiger partial charge in [0.25, 0.3) is 5.91 Å². The van der Waals surface area contributed by atoms with Gasteiger partial charge in [0.2, 0.25) is 0 Å². The number of benzene rings is 2. The first-order valence-corrected chi connectivity index (χ1v) is 12.1. The van der Waals surface area contributed by atoms with E-state index in [1.807, 2.05) is 68.5 Å². The molecule has 174 valence electrons. The van der Waals surface area contributed by atoms with E-state index in [-0.39, 0.29) is 11.9 Å². The summed E-state index contributed by atoms with van der Waals surface area (Å²) in [6.45, 7) is 8.23. The van der Waals surface area contributed by atoms with Gasteiger partial charge in [-0.2, -0.15) is 0 Å². The number of hydrogen-bond acceptors (Lipinski definition) is 5. The molecule has 2 heterocycles. The second-order valence-electron chi connectivity index (χ2n) is 7.93. The van der Waals surface area contributed by atoms with Crippen LogP contribution in [-0.4, -0.2) is 28.2 Å². The molecule has 7 heteroatoms. The third-order valence-electron chi connectivity index (χ3n) is 5.60. The molecule has 0 bridgehead atoms. The maximum Gasteiger partial charge on any atom is 0.338 e. The van der Waals surface area contributed by atoms with Crippen molar-refractivity contribution < 1.29 is 14.3 Å². The largest absolute Gasteiger partial charge is 0.462 e. The average Bonchev–Trinajstić information content (AvgIpc) is 3.31. The van der Waals surface area contributed by atoms with Gasteiger partial charge in [0.15, 0.2) is 5.17 Å². The first-order valence-electron chi connectivity index (χ1n) is 11.2. The van der Waals surface area contributed by atoms with Crippen molar-refractivity contribution in [3.05, 3.63) is 87.6 Å². The molecule has 0 aliphatic carbocycles. The van der Waals surface area contributed by atoms with Gasteiger partial charge in [-0.05, 0) is 92.6 Å². The fraction of sp³-hybridized carbons (Fsp3) is 0.222. The van der Waals surface area contributed by atoms with Crippen molar-refractivity contribution in [2.75, 3.05) is 6.61 Å². The van der Waals surface area contributed by atoms with E-state index in [9.17, 15) is 9.59 Å². The fourth-order valence-electron chi connectivity index (χ4n) is 3.86. The predicted octanol–water partition coefficient (Wildman–Crippen LogP) is 5.72. The molecule has 2 aromatic carbocycles. The third kappa shape index (κ3) is 4.99. The molecule has 0 saturated carbocycles. The number of hydrogen-bond donors (Lipinski definition) is 1. The van der Waals surface area contributed by atoms with Gasteiger partial charge in [0.1, 0.15) is 0 Å². The van der Waals surface area contributed by atoms with Crippen molar-refractivity contribution in [3.63, 3.8) is 0 Å². The van der Waals surface area contributed by atoms with Crippen molar-refractivity contribution in [1.82, 2.24) is 9.88 Å². The molecule has 1 N–H and O–H groups in total. The van der Waals surface area contributed by atoms with Gasteiger partial charge in [-0.25, -0.2) is 9.79 Å². The number of aliphatic imine (C=N–C) groups is 1. The summed E-state index contributed by atoms with van der Waals surface area (Å²) < 4.78 is 7.20. The molecule has 34 heavy (non-hydrogen) atoms. The Bertz CT molecular complexity index is 1300. The van der Waals surface area contributed by atoms with E-state index in [1.165, 1.54) is 17.3 Å². The number of carbonyl (C=O) groups excluding carboxylic acids is 2. The summed E-state index contributed by atoms with van der Waals surface area (Å²) in [6.07, 6.45) is 2.86. The molecule has 4 rings (SSSR count). The average molecular weight is 474 g/mol. The standard InChI is InChI=1S/C27H27N3O3S/c1-5-19-10-12-22(13-11-19)28-27-29-25(31)24(34-27)16-21-14-17(3)30(18(21)4)23-9-7-8-20(15-23)26(32)33-6-2/h7-16H,5-6H2,1-4H3,(H,28,29,31)/b24-16-. The first kappa shape index (κ1) is 23.6. The summed E-state index contributed by atoms with van der Waals surface area (Å²) in [5, 5.41) is 3.42. The number of aromatic nitrogens is 1. The maximum absolute atomic E-state index is 12.6. The molecule has 1 aliphatic rings. The van der Waals surface area contributed by atoms with Crippen LogP contribution >= 0.6 is 11.8 Å². The second-order valence-corrected chi connectivity index (χ2v) is 8.97. The van der Waals surface area contributed by atoms with Crippen LogP contribution in [0.3, 0.4) is 0 Å². The Morgan fingerprint density at radius 1 is 1.12 bits per heavy atom. The summed E-state index contributed by atoms with van der Waals surface area (Å²) in [5.41, 5.74) is 6.33. The summed E-state index contributed by atoms with van der Waals surface area (Å²) in [4.78, 5) is 29.9. The zero-order valence-electron chi connectivity index (χ0n) is 19.7. The van der Waals surface area contributed by atoms with Crippen LogP contribution in [0.25, 0.3) is 11.8 Å². The number of amidine groups is 1. The Hall–Kier alpha value is -3.58. The van der Waals surface area contributed by atoms with Crippen LogP contribution in [0.5, 0.6) is 0 Å². The molecule has 3 aromatic rings. The van der Waals surface area contributed by atoms with Gasteiger partial charge in [0.05, 0.1) is 22.8 Å². The van der Waals surface area contributed by atoms with E-state index in [4.69, 9.17) is 4.74 Å². The number of ether oxygens (including phenoxy) is 1. The van der Waals surface area contributed by atoms with Crippen LogP contribution in [0.4, 0.5) is 5.69 Å². The lowest BCUT2D eigenvalue weighted by Crippen LogP contribution is -2.19. The number of aryl methyl sites for hydroxylation is 2. The van der Waals surface area contributed by atoms with Crippen LogP contribution in [0.15, 0.2) is 64.5 Å². The number of esters is 1. The molecule has 0 spiro atoms. The van der Waals surface area contributed by atoms with E-state index in [1.54, 1.807) is 13.0 Å². The van der Waals surface area contributed by atoms with E-state index in [0.717, 1.165) is 34.7 Å². The smallest absolute Gasteiger partial charge is 0.338 e. The minimum absolute atomic E-state index is 0.164. The summed E-state index contributed by atoms with van der Waals surface area (Å²) >= 11 is 1.33. The SMILES string of the molecule is CCOC(=O)c1cccc(-n2c(C)cc(/C=C3\SC(=Nc4ccc(CC)cc4)NC3=O)c2C)c1. The highest BCUT2D eigenvalue weighted by molar-refractivity contribution is 8.18. The van der Waals surface area contributed by atoms with Crippen molar-refractivity contribution in [1.29, 1.82) is 0 Å². The molecule has 1 saturated heterocycles. The molecule has 0 unspecified atom stereocenters. The second kappa shape index (κ2) is 10.1. The maximum atomic E-state index is 12.6. The molecular weight excluding hydrogens is 446 g/mol. The Morgan fingerprint density at radius 3 is 2.59 bits per heavy atom. The van der Waals surface area contributed by atoms with Gasteiger partial charge in [-0.3, -0.25) is 4.79 Å². The van der Waals surface area contributed by atoms with Crippen molar-refractivity contribution in [2.24, 2.45) is 4.99 Å². The van der Waals surface area contributed by atoms with Crippen molar-refractivity contribution in [3.8, 4) is 5.69 Å². The van der Waals surface area contributed by atoms with Crippen LogP contribution in [0.1, 0.15) is 46.7 Å².